The van der Waals surface area contributed by atoms with E-state index in [0.29, 0.717) is 24.1 Å². The second-order valence-electron chi connectivity index (χ2n) is 7.08. The molecule has 0 saturated carbocycles. The van der Waals surface area contributed by atoms with Gasteiger partial charge in [0.15, 0.2) is 10.9 Å². The molecule has 0 radical (unpaired) electrons. The van der Waals surface area contributed by atoms with Gasteiger partial charge in [0.1, 0.15) is 12.4 Å². The monoisotopic (exact) mass is 491 g/mol. The van der Waals surface area contributed by atoms with Gasteiger partial charge in [-0.3, -0.25) is 0 Å². The molecule has 0 aliphatic heterocycles. The summed E-state index contributed by atoms with van der Waals surface area (Å²) in [5.74, 6) is 8.53. The number of aryl methyl sites for hydroxylation is 2. The summed E-state index contributed by atoms with van der Waals surface area (Å²) >= 11 is 1.40. The van der Waals surface area contributed by atoms with Gasteiger partial charge in [-0.15, -0.1) is 9.21 Å². The Balaban J connectivity index is 0.00000187. The van der Waals surface area contributed by atoms with Crippen LogP contribution < -0.4 is 15.4 Å². The van der Waals surface area contributed by atoms with Crippen molar-refractivity contribution in [2.24, 2.45) is 0 Å². The maximum atomic E-state index is 14.8. The molecular formula is C24H34FN5OS2. The Labute approximate surface area is 201 Å². The van der Waals surface area contributed by atoms with E-state index in [-0.39, 0.29) is 11.7 Å². The number of anilines is 2. The third kappa shape index (κ3) is 6.99. The summed E-state index contributed by atoms with van der Waals surface area (Å²) in [6, 6.07) is 8.41. The molecule has 0 bridgehead atoms. The molecule has 180 valence electrons. The predicted octanol–water partition coefficient (Wildman–Crippen LogP) is 5.79. The predicted molar refractivity (Wildman–Crippen MR) is 142 cm³/mol. The van der Waals surface area contributed by atoms with Crippen LogP contribution in [0, 0.1) is 12.7 Å². The topological polar surface area (TPSA) is 72.0 Å². The van der Waals surface area contributed by atoms with Crippen molar-refractivity contribution in [3.8, 4) is 5.88 Å². The van der Waals surface area contributed by atoms with Crippen molar-refractivity contribution in [3.63, 3.8) is 0 Å². The molecule has 3 rings (SSSR count). The first-order chi connectivity index (χ1) is 15.8. The number of hydrogen-bond donors (Lipinski definition) is 2. The Kier molecular flexibility index (Phi) is 10.3. The van der Waals surface area contributed by atoms with Crippen molar-refractivity contribution >= 4 is 43.2 Å². The van der Waals surface area contributed by atoms with Crippen LogP contribution in [0.15, 0.2) is 39.6 Å². The number of benzene rings is 1. The van der Waals surface area contributed by atoms with Gasteiger partial charge in [0, 0.05) is 11.4 Å². The zero-order valence-electron chi connectivity index (χ0n) is 20.1. The summed E-state index contributed by atoms with van der Waals surface area (Å²) in [5, 5.41) is 6.42. The van der Waals surface area contributed by atoms with E-state index >= 15 is 0 Å². The van der Waals surface area contributed by atoms with Crippen molar-refractivity contribution < 1.29 is 9.13 Å². The van der Waals surface area contributed by atoms with Crippen molar-refractivity contribution in [3.05, 3.63) is 47.7 Å². The highest BCUT2D eigenvalue weighted by atomic mass is 32.2. The van der Waals surface area contributed by atoms with Crippen LogP contribution in [-0.2, 0) is 6.42 Å². The average molecular weight is 492 g/mol. The fourth-order valence-corrected chi connectivity index (χ4v) is 5.82. The Morgan fingerprint density at radius 1 is 1.21 bits per heavy atom. The number of aromatic nitrogens is 3. The molecule has 0 unspecified atom stereocenters. The lowest BCUT2D eigenvalue weighted by Crippen LogP contribution is -2.17. The molecular weight excluding hydrogens is 457 g/mol. The molecule has 0 spiro atoms. The van der Waals surface area contributed by atoms with E-state index in [1.165, 1.54) is 16.9 Å². The summed E-state index contributed by atoms with van der Waals surface area (Å²) in [6.45, 7) is 8.73. The number of likely N-dealkylation sites (N-methyl/N-ethyl adjacent to an activating group) is 1. The van der Waals surface area contributed by atoms with Crippen LogP contribution in [0.2, 0.25) is 0 Å². The minimum Gasteiger partial charge on any atom is -0.474 e. The van der Waals surface area contributed by atoms with Gasteiger partial charge in [-0.25, -0.2) is 9.97 Å². The summed E-state index contributed by atoms with van der Waals surface area (Å²) in [7, 11) is 0.0621. The molecule has 3 aromatic rings. The number of thiazole rings is 1. The van der Waals surface area contributed by atoms with E-state index < -0.39 is 15.0 Å². The lowest BCUT2D eigenvalue weighted by Gasteiger charge is -2.14. The van der Waals surface area contributed by atoms with Crippen LogP contribution in [0.5, 0.6) is 5.88 Å². The molecule has 2 N–H and O–H groups in total. The first-order valence-electron chi connectivity index (χ1n) is 11.0. The third-order valence-corrected chi connectivity index (χ3v) is 8.45. The van der Waals surface area contributed by atoms with Gasteiger partial charge >= 0.3 is 0 Å². The molecule has 33 heavy (non-hydrogen) atoms. The summed E-state index contributed by atoms with van der Waals surface area (Å²) in [6.07, 6.45) is 3.86. The number of nitrogens with zero attached hydrogens (tertiary/aromatic N) is 3. The smallest absolute Gasteiger partial charge is 0.256 e. The minimum absolute atomic E-state index is 0.0338. The standard InChI is InChI=1S/C22H28FN5OS2.C2H6/c1-6-8-16-9-7-10-17(13-16)31(4,5)18-14-25-22(30-18)28-20-19(23)21(27-15(2)26-20)29-12-11-24-3;1-2/h7,9-10,13-14,24H,4-6,8,11-12H2,1-3H3,(H,25,26,27,28);1-2H3. The first kappa shape index (κ1) is 26.8. The van der Waals surface area contributed by atoms with Gasteiger partial charge in [-0.2, -0.15) is 9.37 Å². The zero-order chi connectivity index (χ0) is 24.4. The summed E-state index contributed by atoms with van der Waals surface area (Å²) in [5.41, 5.74) is 1.27. The number of ether oxygens (including phenoxy) is 1. The van der Waals surface area contributed by atoms with Crippen molar-refractivity contribution in [2.75, 3.05) is 25.5 Å². The van der Waals surface area contributed by atoms with Crippen LogP contribution in [0.25, 0.3) is 0 Å². The number of halogens is 1. The van der Waals surface area contributed by atoms with Gasteiger partial charge in [0.05, 0.1) is 10.4 Å². The highest BCUT2D eigenvalue weighted by molar-refractivity contribution is 8.29. The number of nitrogens with one attached hydrogen (secondary N) is 2. The lowest BCUT2D eigenvalue weighted by atomic mass is 10.1. The van der Waals surface area contributed by atoms with E-state index in [1.54, 1.807) is 20.2 Å². The molecule has 2 heterocycles. The van der Waals surface area contributed by atoms with Crippen LogP contribution in [0.1, 0.15) is 38.6 Å². The average Bonchev–Trinajstić information content (AvgIpc) is 3.28. The fraction of sp³-hybridized carbons (Fsp3) is 0.375. The molecule has 1 aromatic carbocycles. The Hall–Kier alpha value is -2.49. The van der Waals surface area contributed by atoms with Gasteiger partial charge in [-0.05, 0) is 38.1 Å². The van der Waals surface area contributed by atoms with Gasteiger partial charge in [0.2, 0.25) is 5.82 Å². The van der Waals surface area contributed by atoms with Crippen molar-refractivity contribution in [1.82, 2.24) is 20.3 Å². The molecule has 0 amide bonds. The summed E-state index contributed by atoms with van der Waals surface area (Å²) < 4.78 is 21.2. The molecule has 0 saturated heterocycles. The van der Waals surface area contributed by atoms with Crippen LogP contribution in [-0.4, -0.2) is 46.9 Å². The van der Waals surface area contributed by atoms with E-state index in [9.17, 15) is 4.39 Å². The SMILES string of the molecule is C=S(=C)(c1cccc(CCC)c1)c1cnc(Nc2nc(C)nc(OCCNC)c2F)s1.CC. The first-order valence-corrected chi connectivity index (χ1v) is 13.8. The molecule has 2 aromatic heterocycles. The largest absolute Gasteiger partial charge is 0.474 e. The molecule has 0 fully saturated rings. The van der Waals surface area contributed by atoms with E-state index in [1.807, 2.05) is 19.9 Å². The molecule has 9 heteroatoms. The van der Waals surface area contributed by atoms with Crippen LogP contribution in [0.4, 0.5) is 15.3 Å². The normalized spacial score (nSPS) is 11.0. The molecule has 6 nitrogen and oxygen atoms in total. The summed E-state index contributed by atoms with van der Waals surface area (Å²) in [4.78, 5) is 13.7. The minimum atomic E-state index is -1.73. The van der Waals surface area contributed by atoms with Gasteiger partial charge < -0.3 is 15.4 Å². The number of rotatable bonds is 10. The van der Waals surface area contributed by atoms with Crippen LogP contribution >= 0.6 is 20.5 Å². The second kappa shape index (κ2) is 12.7. The maximum Gasteiger partial charge on any atom is 0.256 e. The van der Waals surface area contributed by atoms with E-state index in [4.69, 9.17) is 4.74 Å². The Bertz CT molecular complexity index is 1150. The van der Waals surface area contributed by atoms with Gasteiger partial charge in [0.25, 0.3) is 5.88 Å². The number of hydrogen-bond acceptors (Lipinski definition) is 7. The van der Waals surface area contributed by atoms with Crippen molar-refractivity contribution in [2.45, 2.75) is 49.6 Å². The lowest BCUT2D eigenvalue weighted by molar-refractivity contribution is 0.288. The molecule has 0 atom stereocenters. The highest BCUT2D eigenvalue weighted by Gasteiger charge is 2.17. The quantitative estimate of drug-likeness (QED) is 0.276. The third-order valence-electron chi connectivity index (χ3n) is 4.51. The van der Waals surface area contributed by atoms with Crippen LogP contribution in [0.3, 0.4) is 0 Å². The Morgan fingerprint density at radius 2 is 1.97 bits per heavy atom. The zero-order valence-corrected chi connectivity index (χ0v) is 21.7. The molecule has 0 aliphatic rings. The second-order valence-corrected chi connectivity index (χ2v) is 11.0. The maximum absolute atomic E-state index is 14.8. The van der Waals surface area contributed by atoms with E-state index in [2.05, 4.69) is 62.4 Å². The molecule has 0 aliphatic carbocycles. The van der Waals surface area contributed by atoms with Gasteiger partial charge in [-0.1, -0.05) is 62.4 Å². The highest BCUT2D eigenvalue weighted by Crippen LogP contribution is 2.45. The fourth-order valence-electron chi connectivity index (χ4n) is 2.91. The Morgan fingerprint density at radius 3 is 2.67 bits per heavy atom. The van der Waals surface area contributed by atoms with E-state index in [0.717, 1.165) is 21.9 Å². The van der Waals surface area contributed by atoms with Crippen molar-refractivity contribution in [1.29, 1.82) is 0 Å².